The molecular formula is C18H27ClN2O3S. The highest BCUT2D eigenvalue weighted by molar-refractivity contribution is 7.90. The fraction of sp³-hybridized carbons (Fsp3) is 0.611. The monoisotopic (exact) mass is 386 g/mol. The van der Waals surface area contributed by atoms with Crippen molar-refractivity contribution in [1.82, 2.24) is 5.32 Å². The number of halogens is 1. The molecule has 1 amide bonds. The number of amides is 1. The molecule has 0 heterocycles. The fourth-order valence-corrected chi connectivity index (χ4v) is 4.27. The van der Waals surface area contributed by atoms with Crippen molar-refractivity contribution in [3.63, 3.8) is 0 Å². The summed E-state index contributed by atoms with van der Waals surface area (Å²) in [5.74, 6) is -0.369. The molecule has 2 rings (SSSR count). The first-order chi connectivity index (χ1) is 11.7. The van der Waals surface area contributed by atoms with Gasteiger partial charge in [-0.15, -0.1) is 0 Å². The Morgan fingerprint density at radius 1 is 1.24 bits per heavy atom. The van der Waals surface area contributed by atoms with Crippen molar-refractivity contribution < 1.29 is 13.2 Å². The molecule has 3 N–H and O–H groups in total. The number of benzene rings is 1. The minimum atomic E-state index is -3.12. The third-order valence-corrected chi connectivity index (χ3v) is 6.23. The van der Waals surface area contributed by atoms with Crippen LogP contribution in [0.4, 0.5) is 0 Å². The molecule has 140 valence electrons. The normalized spacial score (nSPS) is 18.5. The van der Waals surface area contributed by atoms with Gasteiger partial charge in [0.05, 0.1) is 11.8 Å². The maximum Gasteiger partial charge on any atom is 0.236 e. The summed E-state index contributed by atoms with van der Waals surface area (Å²) in [6.07, 6.45) is 6.75. The predicted molar refractivity (Wildman–Crippen MR) is 102 cm³/mol. The number of nitrogens with two attached hydrogens (primary N) is 1. The van der Waals surface area contributed by atoms with Crippen molar-refractivity contribution in [2.75, 3.05) is 18.6 Å². The molecule has 0 aliphatic heterocycles. The number of carbonyl (C=O) groups excluding carboxylic acids is 1. The minimum Gasteiger partial charge on any atom is -0.354 e. The van der Waals surface area contributed by atoms with Crippen molar-refractivity contribution in [3.05, 3.63) is 34.9 Å². The van der Waals surface area contributed by atoms with Crippen LogP contribution in [0.1, 0.15) is 44.1 Å². The molecular weight excluding hydrogens is 360 g/mol. The van der Waals surface area contributed by atoms with Gasteiger partial charge < -0.3 is 11.1 Å². The molecule has 0 aromatic heterocycles. The average molecular weight is 387 g/mol. The summed E-state index contributed by atoms with van der Waals surface area (Å²) in [6, 6.07) is 7.02. The van der Waals surface area contributed by atoms with E-state index in [0.29, 0.717) is 11.6 Å². The van der Waals surface area contributed by atoms with E-state index in [1.165, 1.54) is 12.0 Å². The second-order valence-electron chi connectivity index (χ2n) is 7.09. The number of rotatable bonds is 7. The maximum atomic E-state index is 12.3. The van der Waals surface area contributed by atoms with E-state index in [-0.39, 0.29) is 23.5 Å². The van der Waals surface area contributed by atoms with Crippen molar-refractivity contribution in [2.45, 2.75) is 50.0 Å². The third kappa shape index (κ3) is 5.97. The lowest BCUT2D eigenvalue weighted by Crippen LogP contribution is -2.48. The highest BCUT2D eigenvalue weighted by Crippen LogP contribution is 2.39. The lowest BCUT2D eigenvalue weighted by molar-refractivity contribution is -0.122. The van der Waals surface area contributed by atoms with E-state index in [1.54, 1.807) is 0 Å². The van der Waals surface area contributed by atoms with E-state index in [4.69, 9.17) is 17.3 Å². The molecule has 0 bridgehead atoms. The standard InChI is InChI=1S/C18H27ClN2O3S/c1-25(23,24)12-9-16(20)17(22)21-13-18(10-3-2-4-11-18)14-5-7-15(19)8-6-14/h5-8,16H,2-4,9-13,20H2,1H3,(H,21,22). The van der Waals surface area contributed by atoms with Crippen LogP contribution in [0.15, 0.2) is 24.3 Å². The van der Waals surface area contributed by atoms with Crippen molar-refractivity contribution >= 4 is 27.3 Å². The Balaban J connectivity index is 2.02. The van der Waals surface area contributed by atoms with E-state index in [2.05, 4.69) is 5.32 Å². The Hall–Kier alpha value is -1.11. The molecule has 1 atom stereocenters. The quantitative estimate of drug-likeness (QED) is 0.753. The molecule has 5 nitrogen and oxygen atoms in total. The number of hydrogen-bond donors (Lipinski definition) is 2. The first kappa shape index (κ1) is 20.2. The van der Waals surface area contributed by atoms with Gasteiger partial charge in [0.1, 0.15) is 9.84 Å². The molecule has 1 saturated carbocycles. The van der Waals surface area contributed by atoms with Crippen LogP contribution in [0, 0.1) is 0 Å². The summed E-state index contributed by atoms with van der Waals surface area (Å²) in [5.41, 5.74) is 6.93. The van der Waals surface area contributed by atoms with Crippen LogP contribution in [-0.4, -0.2) is 38.9 Å². The Bertz CT molecular complexity index is 683. The lowest BCUT2D eigenvalue weighted by Gasteiger charge is -2.38. The zero-order valence-electron chi connectivity index (χ0n) is 14.6. The van der Waals surface area contributed by atoms with Crippen LogP contribution in [0.3, 0.4) is 0 Å². The van der Waals surface area contributed by atoms with Gasteiger partial charge in [-0.3, -0.25) is 4.79 Å². The van der Waals surface area contributed by atoms with E-state index in [9.17, 15) is 13.2 Å². The first-order valence-electron chi connectivity index (χ1n) is 8.69. The first-order valence-corrected chi connectivity index (χ1v) is 11.1. The molecule has 0 spiro atoms. The molecule has 0 radical (unpaired) electrons. The summed E-state index contributed by atoms with van der Waals surface area (Å²) in [7, 11) is -3.12. The summed E-state index contributed by atoms with van der Waals surface area (Å²) in [4.78, 5) is 12.3. The van der Waals surface area contributed by atoms with E-state index in [1.807, 2.05) is 24.3 Å². The summed E-state index contributed by atoms with van der Waals surface area (Å²) in [6.45, 7) is 0.514. The maximum absolute atomic E-state index is 12.3. The van der Waals surface area contributed by atoms with Crippen LogP contribution >= 0.6 is 11.6 Å². The zero-order valence-corrected chi connectivity index (χ0v) is 16.2. The topological polar surface area (TPSA) is 89.3 Å². The van der Waals surface area contributed by atoms with E-state index < -0.39 is 15.9 Å². The van der Waals surface area contributed by atoms with Gasteiger partial charge in [-0.1, -0.05) is 43.0 Å². The Morgan fingerprint density at radius 2 is 1.84 bits per heavy atom. The highest BCUT2D eigenvalue weighted by Gasteiger charge is 2.34. The molecule has 1 fully saturated rings. The summed E-state index contributed by atoms with van der Waals surface area (Å²) >= 11 is 6.00. The third-order valence-electron chi connectivity index (χ3n) is 5.00. The number of carbonyl (C=O) groups is 1. The highest BCUT2D eigenvalue weighted by atomic mass is 35.5. The Kier molecular flexibility index (Phi) is 6.88. The zero-order chi connectivity index (χ0) is 18.5. The van der Waals surface area contributed by atoms with Crippen molar-refractivity contribution in [3.8, 4) is 0 Å². The molecule has 1 unspecified atom stereocenters. The van der Waals surface area contributed by atoms with Crippen LogP contribution < -0.4 is 11.1 Å². The van der Waals surface area contributed by atoms with Crippen LogP contribution in [0.5, 0.6) is 0 Å². The van der Waals surface area contributed by atoms with Gasteiger partial charge in [0.2, 0.25) is 5.91 Å². The molecule has 0 saturated heterocycles. The second kappa shape index (κ2) is 8.52. The SMILES string of the molecule is CS(=O)(=O)CCC(N)C(=O)NCC1(c2ccc(Cl)cc2)CCCCC1. The van der Waals surface area contributed by atoms with Crippen molar-refractivity contribution in [1.29, 1.82) is 0 Å². The molecule has 1 aliphatic carbocycles. The molecule has 7 heteroatoms. The fourth-order valence-electron chi connectivity index (χ4n) is 3.46. The van der Waals surface area contributed by atoms with Gasteiger partial charge in [-0.2, -0.15) is 0 Å². The van der Waals surface area contributed by atoms with Gasteiger partial charge in [0.15, 0.2) is 0 Å². The molecule has 1 aliphatic rings. The van der Waals surface area contributed by atoms with Gasteiger partial charge in [-0.25, -0.2) is 8.42 Å². The second-order valence-corrected chi connectivity index (χ2v) is 9.79. The predicted octanol–water partition coefficient (Wildman–Crippen LogP) is 2.42. The number of sulfone groups is 1. The summed E-state index contributed by atoms with van der Waals surface area (Å²) in [5, 5.41) is 3.65. The lowest BCUT2D eigenvalue weighted by atomic mass is 9.69. The smallest absolute Gasteiger partial charge is 0.236 e. The van der Waals surface area contributed by atoms with Crippen LogP contribution in [-0.2, 0) is 20.0 Å². The largest absolute Gasteiger partial charge is 0.354 e. The number of nitrogens with one attached hydrogen (secondary N) is 1. The van der Waals surface area contributed by atoms with E-state index >= 15 is 0 Å². The number of hydrogen-bond acceptors (Lipinski definition) is 4. The van der Waals surface area contributed by atoms with Gasteiger partial charge in [0, 0.05) is 23.2 Å². The Labute approximate surface area is 155 Å². The molecule has 25 heavy (non-hydrogen) atoms. The van der Waals surface area contributed by atoms with Gasteiger partial charge >= 0.3 is 0 Å². The van der Waals surface area contributed by atoms with Gasteiger partial charge in [-0.05, 0) is 37.0 Å². The minimum absolute atomic E-state index is 0.0795. The van der Waals surface area contributed by atoms with Crippen LogP contribution in [0.2, 0.25) is 5.02 Å². The van der Waals surface area contributed by atoms with E-state index in [0.717, 1.165) is 31.9 Å². The Morgan fingerprint density at radius 3 is 2.40 bits per heavy atom. The molecule has 1 aromatic carbocycles. The average Bonchev–Trinajstić information content (AvgIpc) is 2.58. The van der Waals surface area contributed by atoms with Crippen molar-refractivity contribution in [2.24, 2.45) is 5.73 Å². The molecule has 1 aromatic rings. The van der Waals surface area contributed by atoms with Crippen LogP contribution in [0.25, 0.3) is 0 Å². The van der Waals surface area contributed by atoms with Gasteiger partial charge in [0.25, 0.3) is 0 Å². The summed E-state index contributed by atoms with van der Waals surface area (Å²) < 4.78 is 22.5.